The molecule has 0 aromatic heterocycles. The summed E-state index contributed by atoms with van der Waals surface area (Å²) in [5.41, 5.74) is 0.817. The normalized spacial score (nSPS) is 15.1. The highest BCUT2D eigenvalue weighted by atomic mass is 19.1. The van der Waals surface area contributed by atoms with Gasteiger partial charge < -0.3 is 15.1 Å². The van der Waals surface area contributed by atoms with E-state index in [1.165, 1.54) is 0 Å². The predicted octanol–water partition coefficient (Wildman–Crippen LogP) is 0.964. The van der Waals surface area contributed by atoms with Crippen LogP contribution in [0.1, 0.15) is 13.8 Å². The molecule has 1 fully saturated rings. The highest BCUT2D eigenvalue weighted by molar-refractivity contribution is 5.71. The fourth-order valence-corrected chi connectivity index (χ4v) is 2.74. The van der Waals surface area contributed by atoms with E-state index >= 15 is 0 Å². The van der Waals surface area contributed by atoms with Crippen LogP contribution in [0.2, 0.25) is 0 Å². The van der Waals surface area contributed by atoms with Crippen molar-refractivity contribution in [3.8, 4) is 0 Å². The van der Waals surface area contributed by atoms with Gasteiger partial charge in [-0.1, -0.05) is 0 Å². The summed E-state index contributed by atoms with van der Waals surface area (Å²) in [5.74, 6) is -0.530. The number of nitro groups is 1. The van der Waals surface area contributed by atoms with Crippen molar-refractivity contribution in [2.45, 2.75) is 13.8 Å². The van der Waals surface area contributed by atoms with E-state index in [9.17, 15) is 14.5 Å². The van der Waals surface area contributed by atoms with Gasteiger partial charge in [-0.3, -0.25) is 10.1 Å². The van der Waals surface area contributed by atoms with Crippen LogP contribution in [0.15, 0.2) is 12.1 Å². The summed E-state index contributed by atoms with van der Waals surface area (Å²) in [5, 5.41) is 13.4. The number of hydrogen-bond acceptors (Lipinski definition) is 4. The standard InChI is InChI=1S/C14H21FN4O2/c1-3-17(4-2)12-10-13(18-7-5-16-6-8-18)14(19(20)21)9-11(12)15/h9-10,16H,3-8H2,1-2H3/p+1. The number of rotatable bonds is 5. The lowest BCUT2D eigenvalue weighted by Crippen LogP contribution is -2.89. The summed E-state index contributed by atoms with van der Waals surface area (Å²) >= 11 is 0. The Balaban J connectivity index is 2.48. The topological polar surface area (TPSA) is 66.2 Å². The van der Waals surface area contributed by atoms with Gasteiger partial charge in [0, 0.05) is 13.1 Å². The van der Waals surface area contributed by atoms with Crippen molar-refractivity contribution in [3.63, 3.8) is 0 Å². The number of benzene rings is 1. The number of nitro benzene ring substituents is 1. The number of nitrogens with two attached hydrogens (primary N) is 1. The molecule has 1 heterocycles. The van der Waals surface area contributed by atoms with E-state index in [4.69, 9.17) is 0 Å². The summed E-state index contributed by atoms with van der Waals surface area (Å²) < 4.78 is 14.2. The predicted molar refractivity (Wildman–Crippen MR) is 80.5 cm³/mol. The fraction of sp³-hybridized carbons (Fsp3) is 0.571. The summed E-state index contributed by atoms with van der Waals surface area (Å²) in [7, 11) is 0. The smallest absolute Gasteiger partial charge is 0.295 e. The number of anilines is 2. The van der Waals surface area contributed by atoms with Crippen molar-refractivity contribution in [2.24, 2.45) is 0 Å². The zero-order chi connectivity index (χ0) is 15.4. The number of nitrogens with zero attached hydrogens (tertiary/aromatic N) is 3. The molecule has 0 spiro atoms. The van der Waals surface area contributed by atoms with E-state index in [2.05, 4.69) is 5.32 Å². The maximum Gasteiger partial charge on any atom is 0.295 e. The van der Waals surface area contributed by atoms with Crippen LogP contribution in [-0.4, -0.2) is 44.2 Å². The van der Waals surface area contributed by atoms with Crippen molar-refractivity contribution in [2.75, 3.05) is 49.1 Å². The molecule has 0 bridgehead atoms. The molecule has 1 saturated heterocycles. The molecule has 0 unspecified atom stereocenters. The molecule has 0 amide bonds. The van der Waals surface area contributed by atoms with Crippen LogP contribution >= 0.6 is 0 Å². The van der Waals surface area contributed by atoms with Crippen molar-refractivity contribution in [3.05, 3.63) is 28.1 Å². The highest BCUT2D eigenvalue weighted by Crippen LogP contribution is 2.35. The van der Waals surface area contributed by atoms with Crippen molar-refractivity contribution in [1.29, 1.82) is 0 Å². The van der Waals surface area contributed by atoms with Gasteiger partial charge in [0.25, 0.3) is 5.69 Å². The Bertz CT molecular complexity index is 514. The molecule has 1 aliphatic heterocycles. The first kappa shape index (κ1) is 15.5. The molecule has 0 aliphatic carbocycles. The minimum absolute atomic E-state index is 0.148. The lowest BCUT2D eigenvalue weighted by atomic mass is 10.1. The third-order valence-electron chi connectivity index (χ3n) is 3.89. The number of hydrogen-bond donors (Lipinski definition) is 1. The molecule has 2 rings (SSSR count). The van der Waals surface area contributed by atoms with Crippen LogP contribution in [0.4, 0.5) is 21.5 Å². The molecular weight excluding hydrogens is 275 g/mol. The summed E-state index contributed by atoms with van der Waals surface area (Å²) in [6.07, 6.45) is 0. The first-order chi connectivity index (χ1) is 10.1. The average Bonchev–Trinajstić information content (AvgIpc) is 2.50. The molecule has 0 radical (unpaired) electrons. The minimum atomic E-state index is -0.530. The number of piperazine rings is 1. The van der Waals surface area contributed by atoms with E-state index in [1.807, 2.05) is 23.6 Å². The first-order valence-corrected chi connectivity index (χ1v) is 7.38. The number of halogens is 1. The second-order valence-corrected chi connectivity index (χ2v) is 5.07. The Kier molecular flexibility index (Phi) is 4.95. The molecule has 21 heavy (non-hydrogen) atoms. The van der Waals surface area contributed by atoms with Crippen molar-refractivity contribution >= 4 is 17.1 Å². The molecule has 1 aromatic carbocycles. The fourth-order valence-electron chi connectivity index (χ4n) is 2.74. The zero-order valence-electron chi connectivity index (χ0n) is 12.5. The molecule has 1 aliphatic rings. The SMILES string of the molecule is CCN(CC)c1cc(N2CC[NH2+]CC2)c([N+](=O)[O-])cc1F. The van der Waals surface area contributed by atoms with Gasteiger partial charge in [0.1, 0.15) is 5.69 Å². The van der Waals surface area contributed by atoms with Crippen LogP contribution in [0, 0.1) is 15.9 Å². The number of quaternary nitrogens is 1. The van der Waals surface area contributed by atoms with Crippen LogP contribution in [0.5, 0.6) is 0 Å². The lowest BCUT2D eigenvalue weighted by Gasteiger charge is -2.29. The van der Waals surface area contributed by atoms with Gasteiger partial charge >= 0.3 is 0 Å². The second-order valence-electron chi connectivity index (χ2n) is 5.07. The van der Waals surface area contributed by atoms with Gasteiger partial charge in [0.15, 0.2) is 5.82 Å². The van der Waals surface area contributed by atoms with Crippen molar-refractivity contribution in [1.82, 2.24) is 0 Å². The molecule has 7 heteroatoms. The first-order valence-electron chi connectivity index (χ1n) is 7.38. The molecule has 0 saturated carbocycles. The van der Waals surface area contributed by atoms with Gasteiger partial charge in [-0.15, -0.1) is 0 Å². The monoisotopic (exact) mass is 297 g/mol. The van der Waals surface area contributed by atoms with Gasteiger partial charge in [0.05, 0.1) is 42.9 Å². The van der Waals surface area contributed by atoms with E-state index < -0.39 is 10.7 Å². The largest absolute Gasteiger partial charge is 0.370 e. The van der Waals surface area contributed by atoms with Gasteiger partial charge in [-0.25, -0.2) is 4.39 Å². The Morgan fingerprint density at radius 3 is 2.48 bits per heavy atom. The maximum absolute atomic E-state index is 14.2. The van der Waals surface area contributed by atoms with Crippen LogP contribution in [0.25, 0.3) is 0 Å². The molecular formula is C14H22FN4O2+. The van der Waals surface area contributed by atoms with Crippen LogP contribution < -0.4 is 15.1 Å². The summed E-state index contributed by atoms with van der Waals surface area (Å²) in [6.45, 7) is 8.50. The Hall–Kier alpha value is -1.89. The van der Waals surface area contributed by atoms with Gasteiger partial charge in [-0.2, -0.15) is 0 Å². The minimum Gasteiger partial charge on any atom is -0.370 e. The average molecular weight is 297 g/mol. The zero-order valence-corrected chi connectivity index (χ0v) is 12.5. The van der Waals surface area contributed by atoms with E-state index in [0.717, 1.165) is 32.2 Å². The van der Waals surface area contributed by atoms with Gasteiger partial charge in [0.2, 0.25) is 0 Å². The third kappa shape index (κ3) is 3.24. The lowest BCUT2D eigenvalue weighted by molar-refractivity contribution is -0.655. The van der Waals surface area contributed by atoms with Gasteiger partial charge in [-0.05, 0) is 19.9 Å². The third-order valence-corrected chi connectivity index (χ3v) is 3.89. The van der Waals surface area contributed by atoms with Crippen LogP contribution in [-0.2, 0) is 0 Å². The van der Waals surface area contributed by atoms with Crippen molar-refractivity contribution < 1.29 is 14.6 Å². The van der Waals surface area contributed by atoms with E-state index in [1.54, 1.807) is 6.07 Å². The Labute approximate surface area is 123 Å². The Morgan fingerprint density at radius 2 is 1.95 bits per heavy atom. The summed E-state index contributed by atoms with van der Waals surface area (Å²) in [6, 6.07) is 2.69. The van der Waals surface area contributed by atoms with Crippen LogP contribution in [0.3, 0.4) is 0 Å². The quantitative estimate of drug-likeness (QED) is 0.649. The second kappa shape index (κ2) is 6.71. The molecule has 2 N–H and O–H groups in total. The molecule has 0 atom stereocenters. The van der Waals surface area contributed by atoms with E-state index in [-0.39, 0.29) is 5.69 Å². The van der Waals surface area contributed by atoms with E-state index in [0.29, 0.717) is 24.5 Å². The molecule has 1 aromatic rings. The molecule has 116 valence electrons. The summed E-state index contributed by atoms with van der Waals surface area (Å²) in [4.78, 5) is 14.6. The Morgan fingerprint density at radius 1 is 1.33 bits per heavy atom. The highest BCUT2D eigenvalue weighted by Gasteiger charge is 2.26. The maximum atomic E-state index is 14.2. The molecule has 6 nitrogen and oxygen atoms in total.